The fourth-order valence-corrected chi connectivity index (χ4v) is 3.88. The number of guanidine groups is 1. The van der Waals surface area contributed by atoms with Gasteiger partial charge in [-0.05, 0) is 24.6 Å². The molecule has 3 rings (SSSR count). The van der Waals surface area contributed by atoms with Gasteiger partial charge in [0, 0.05) is 18.5 Å². The SMILES string of the molecule is CCCCCCCCOc1ccc(-c2noc([C@@H]3C[C@@H](O)CN3C(=N)N)n2)cc1C(F)(F)F.Cl. The van der Waals surface area contributed by atoms with Crippen LogP contribution >= 0.6 is 12.4 Å². The summed E-state index contributed by atoms with van der Waals surface area (Å²) in [6, 6.07) is 3.05. The van der Waals surface area contributed by atoms with Crippen LogP contribution < -0.4 is 10.5 Å². The number of β-amino-alcohol motifs (C(OH)–C–C–N with tert-alkyl or cyclic N) is 1. The van der Waals surface area contributed by atoms with E-state index in [0.29, 0.717) is 6.42 Å². The second kappa shape index (κ2) is 12.3. The Labute approximate surface area is 202 Å². The fourth-order valence-electron chi connectivity index (χ4n) is 3.88. The predicted octanol–water partition coefficient (Wildman–Crippen LogP) is 4.92. The first-order valence-corrected chi connectivity index (χ1v) is 11.2. The molecule has 0 bridgehead atoms. The average Bonchev–Trinajstić information content (AvgIpc) is 3.39. The summed E-state index contributed by atoms with van der Waals surface area (Å²) in [4.78, 5) is 5.61. The Balaban J connectivity index is 0.00000408. The molecule has 1 aromatic heterocycles. The molecule has 34 heavy (non-hydrogen) atoms. The number of aromatic nitrogens is 2. The van der Waals surface area contributed by atoms with Gasteiger partial charge in [-0.3, -0.25) is 5.41 Å². The maximum atomic E-state index is 13.7. The zero-order valence-electron chi connectivity index (χ0n) is 19.0. The first kappa shape index (κ1) is 27.7. The Bertz CT molecular complexity index is 941. The molecular formula is C22H31ClF3N5O3. The normalized spacial score (nSPS) is 18.1. The number of aliphatic hydroxyl groups excluding tert-OH is 1. The van der Waals surface area contributed by atoms with Gasteiger partial charge in [-0.25, -0.2) is 0 Å². The van der Waals surface area contributed by atoms with E-state index < -0.39 is 23.9 Å². The molecule has 2 atom stereocenters. The van der Waals surface area contributed by atoms with Crippen LogP contribution in [-0.2, 0) is 6.18 Å². The van der Waals surface area contributed by atoms with Gasteiger partial charge < -0.3 is 25.0 Å². The number of hydrogen-bond donors (Lipinski definition) is 3. The molecule has 1 fully saturated rings. The molecule has 2 heterocycles. The lowest BCUT2D eigenvalue weighted by atomic mass is 10.1. The lowest BCUT2D eigenvalue weighted by Crippen LogP contribution is -2.36. The highest BCUT2D eigenvalue weighted by Gasteiger charge is 2.38. The molecule has 2 aromatic rings. The number of aliphatic hydroxyl groups is 1. The Hall–Kier alpha value is -2.53. The van der Waals surface area contributed by atoms with Crippen LogP contribution in [0.2, 0.25) is 0 Å². The molecule has 1 saturated heterocycles. The van der Waals surface area contributed by atoms with E-state index in [-0.39, 0.29) is 61.0 Å². The molecule has 190 valence electrons. The number of benzene rings is 1. The minimum absolute atomic E-state index is 0. The van der Waals surface area contributed by atoms with E-state index in [4.69, 9.17) is 20.4 Å². The summed E-state index contributed by atoms with van der Waals surface area (Å²) in [5.74, 6) is -0.440. The smallest absolute Gasteiger partial charge is 0.419 e. The molecule has 4 N–H and O–H groups in total. The van der Waals surface area contributed by atoms with Crippen molar-refractivity contribution >= 4 is 18.4 Å². The summed E-state index contributed by atoms with van der Waals surface area (Å²) in [6.07, 6.45) is 0.949. The first-order valence-electron chi connectivity index (χ1n) is 11.2. The summed E-state index contributed by atoms with van der Waals surface area (Å²) in [5.41, 5.74) is 4.76. The first-order chi connectivity index (χ1) is 15.7. The summed E-state index contributed by atoms with van der Waals surface area (Å²) < 4.78 is 51.7. The van der Waals surface area contributed by atoms with Gasteiger partial charge in [-0.15, -0.1) is 12.4 Å². The molecule has 1 aliphatic rings. The van der Waals surface area contributed by atoms with Crippen molar-refractivity contribution in [2.45, 2.75) is 70.2 Å². The highest BCUT2D eigenvalue weighted by molar-refractivity contribution is 5.85. The van der Waals surface area contributed by atoms with E-state index in [0.717, 1.165) is 38.2 Å². The fraction of sp³-hybridized carbons (Fsp3) is 0.591. The van der Waals surface area contributed by atoms with Crippen molar-refractivity contribution in [1.82, 2.24) is 15.0 Å². The number of alkyl halides is 3. The summed E-state index contributed by atoms with van der Waals surface area (Å²) >= 11 is 0. The molecule has 12 heteroatoms. The number of hydrogen-bond acceptors (Lipinski definition) is 6. The van der Waals surface area contributed by atoms with Gasteiger partial charge in [0.15, 0.2) is 5.96 Å². The second-order valence-electron chi connectivity index (χ2n) is 8.22. The van der Waals surface area contributed by atoms with Crippen LogP contribution in [0.3, 0.4) is 0 Å². The largest absolute Gasteiger partial charge is 0.493 e. The highest BCUT2D eigenvalue weighted by atomic mass is 35.5. The van der Waals surface area contributed by atoms with Crippen molar-refractivity contribution in [3.05, 3.63) is 29.7 Å². The monoisotopic (exact) mass is 505 g/mol. The van der Waals surface area contributed by atoms with Gasteiger partial charge in [0.25, 0.3) is 0 Å². The molecule has 0 saturated carbocycles. The third-order valence-electron chi connectivity index (χ3n) is 5.61. The van der Waals surface area contributed by atoms with Crippen molar-refractivity contribution in [3.8, 4) is 17.1 Å². The van der Waals surface area contributed by atoms with Crippen LogP contribution in [0.5, 0.6) is 5.75 Å². The van der Waals surface area contributed by atoms with E-state index >= 15 is 0 Å². The third-order valence-corrected chi connectivity index (χ3v) is 5.61. The Morgan fingerprint density at radius 1 is 1.26 bits per heavy atom. The summed E-state index contributed by atoms with van der Waals surface area (Å²) in [7, 11) is 0. The van der Waals surface area contributed by atoms with E-state index in [9.17, 15) is 18.3 Å². The van der Waals surface area contributed by atoms with Crippen molar-refractivity contribution in [2.75, 3.05) is 13.2 Å². The maximum Gasteiger partial charge on any atom is 0.419 e. The number of ether oxygens (including phenoxy) is 1. The van der Waals surface area contributed by atoms with E-state index in [2.05, 4.69) is 17.1 Å². The third kappa shape index (κ3) is 6.99. The van der Waals surface area contributed by atoms with Crippen molar-refractivity contribution in [2.24, 2.45) is 5.73 Å². The van der Waals surface area contributed by atoms with Crippen LogP contribution in [0.15, 0.2) is 22.7 Å². The number of nitrogens with one attached hydrogen (secondary N) is 1. The molecule has 0 radical (unpaired) electrons. The molecular weight excluding hydrogens is 475 g/mol. The molecule has 1 aliphatic heterocycles. The second-order valence-corrected chi connectivity index (χ2v) is 8.22. The van der Waals surface area contributed by atoms with Gasteiger partial charge in [0.2, 0.25) is 11.7 Å². The minimum Gasteiger partial charge on any atom is -0.493 e. The summed E-state index contributed by atoms with van der Waals surface area (Å²) in [6.45, 7) is 2.48. The standard InChI is InChI=1S/C22H30F3N5O3.ClH/c1-2-3-4-5-6-7-10-32-18-9-8-14(11-16(18)22(23,24)25)19-28-20(33-29-19)17-12-15(31)13-30(17)21(26)27;/h8-9,11,15,17,31H,2-7,10,12-13H2,1H3,(H3,26,27);1H/t15-,17+;/m1./s1. The quantitative estimate of drug-likeness (QED) is 0.238. The van der Waals surface area contributed by atoms with E-state index in [1.54, 1.807) is 0 Å². The van der Waals surface area contributed by atoms with Gasteiger partial charge >= 0.3 is 6.18 Å². The number of rotatable bonds is 10. The number of likely N-dealkylation sites (tertiary alicyclic amines) is 1. The number of halogens is 4. The molecule has 0 aliphatic carbocycles. The number of nitrogens with zero attached hydrogens (tertiary/aromatic N) is 3. The van der Waals surface area contributed by atoms with E-state index in [1.807, 2.05) is 0 Å². The number of nitrogens with two attached hydrogens (primary N) is 1. The molecule has 0 spiro atoms. The zero-order valence-corrected chi connectivity index (χ0v) is 19.8. The lowest BCUT2D eigenvalue weighted by Gasteiger charge is -2.20. The molecule has 1 aromatic carbocycles. The zero-order chi connectivity index (χ0) is 24.0. The lowest BCUT2D eigenvalue weighted by molar-refractivity contribution is -0.138. The van der Waals surface area contributed by atoms with Crippen LogP contribution in [0, 0.1) is 5.41 Å². The average molecular weight is 506 g/mol. The van der Waals surface area contributed by atoms with Crippen molar-refractivity contribution < 1.29 is 27.5 Å². The molecule has 0 unspecified atom stereocenters. The Morgan fingerprint density at radius 2 is 1.97 bits per heavy atom. The van der Waals surface area contributed by atoms with Gasteiger partial charge in [-0.1, -0.05) is 44.2 Å². The molecule has 8 nitrogen and oxygen atoms in total. The number of unbranched alkanes of at least 4 members (excludes halogenated alkanes) is 5. The minimum atomic E-state index is -4.61. The van der Waals surface area contributed by atoms with Crippen molar-refractivity contribution in [3.63, 3.8) is 0 Å². The van der Waals surface area contributed by atoms with Crippen molar-refractivity contribution in [1.29, 1.82) is 5.41 Å². The topological polar surface area (TPSA) is 121 Å². The Morgan fingerprint density at radius 3 is 2.65 bits per heavy atom. The van der Waals surface area contributed by atoms with Gasteiger partial charge in [0.1, 0.15) is 11.8 Å². The van der Waals surface area contributed by atoms with Crippen LogP contribution in [-0.4, -0.2) is 45.4 Å². The van der Waals surface area contributed by atoms with Gasteiger partial charge in [-0.2, -0.15) is 18.2 Å². The summed E-state index contributed by atoms with van der Waals surface area (Å²) in [5, 5.41) is 21.3. The predicted molar refractivity (Wildman–Crippen MR) is 123 cm³/mol. The Kier molecular flexibility index (Phi) is 9.99. The van der Waals surface area contributed by atoms with Crippen LogP contribution in [0.1, 0.15) is 69.4 Å². The van der Waals surface area contributed by atoms with Crippen LogP contribution in [0.4, 0.5) is 13.2 Å². The van der Waals surface area contributed by atoms with Gasteiger partial charge in [0.05, 0.1) is 18.3 Å². The van der Waals surface area contributed by atoms with E-state index in [1.165, 1.54) is 17.0 Å². The molecule has 0 amide bonds. The van der Waals surface area contributed by atoms with Crippen LogP contribution in [0.25, 0.3) is 11.4 Å². The maximum absolute atomic E-state index is 13.7. The highest BCUT2D eigenvalue weighted by Crippen LogP contribution is 2.39.